The third-order valence-electron chi connectivity index (χ3n) is 7.51. The zero-order valence-corrected chi connectivity index (χ0v) is 24.3. The molecular weight excluding hydrogens is 514 g/mol. The Morgan fingerprint density at radius 1 is 0.732 bits per heavy atom. The number of unbranched alkanes of at least 4 members (excludes halogenated alkanes) is 3. The Hall–Kier alpha value is -3.88. The molecule has 2 saturated heterocycles. The number of aromatic nitrogens is 3. The normalized spacial score (nSPS) is 15.1. The topological polar surface area (TPSA) is 88.0 Å². The maximum Gasteiger partial charge on any atom is 0.250 e. The van der Waals surface area contributed by atoms with E-state index in [-0.39, 0.29) is 0 Å². The van der Waals surface area contributed by atoms with Gasteiger partial charge >= 0.3 is 0 Å². The number of hydrogen-bond donors (Lipinski definition) is 1. The number of nitrogens with zero attached hydrogens (tertiary/aromatic N) is 6. The van der Waals surface area contributed by atoms with Crippen molar-refractivity contribution in [1.82, 2.24) is 15.0 Å². The van der Waals surface area contributed by atoms with Crippen LogP contribution in [0.2, 0.25) is 0 Å². The van der Waals surface area contributed by atoms with Gasteiger partial charge in [-0.2, -0.15) is 20.1 Å². The fraction of sp³-hybridized carbons (Fsp3) is 0.500. The molecule has 0 spiro atoms. The summed E-state index contributed by atoms with van der Waals surface area (Å²) in [5, 5.41) is 4.39. The molecule has 0 atom stereocenters. The van der Waals surface area contributed by atoms with E-state index in [4.69, 9.17) is 14.5 Å². The maximum atomic E-state index is 5.86. The highest BCUT2D eigenvalue weighted by Crippen LogP contribution is 2.23. The number of anilines is 3. The highest BCUT2D eigenvalue weighted by atomic mass is 16.5. The van der Waals surface area contributed by atoms with Crippen molar-refractivity contribution >= 4 is 24.1 Å². The number of hydrazone groups is 1. The van der Waals surface area contributed by atoms with E-state index in [1.807, 2.05) is 24.3 Å². The summed E-state index contributed by atoms with van der Waals surface area (Å²) in [5.74, 6) is 3.61. The summed E-state index contributed by atoms with van der Waals surface area (Å²) in [6, 6.07) is 16.2. The Labute approximate surface area is 244 Å². The molecule has 2 aliphatic rings. The van der Waals surface area contributed by atoms with Crippen molar-refractivity contribution in [3.63, 3.8) is 0 Å². The van der Waals surface area contributed by atoms with Crippen molar-refractivity contribution in [3.8, 4) is 11.5 Å². The summed E-state index contributed by atoms with van der Waals surface area (Å²) >= 11 is 0. The van der Waals surface area contributed by atoms with Gasteiger partial charge in [-0.05, 0) is 86.1 Å². The van der Waals surface area contributed by atoms with Crippen LogP contribution in [0.3, 0.4) is 0 Å². The minimum atomic E-state index is 0.474. The van der Waals surface area contributed by atoms with Crippen LogP contribution in [0.4, 0.5) is 17.8 Å². The first-order valence-corrected chi connectivity index (χ1v) is 15.3. The molecule has 1 aromatic heterocycles. The highest BCUT2D eigenvalue weighted by Gasteiger charge is 2.21. The van der Waals surface area contributed by atoms with Gasteiger partial charge in [0.2, 0.25) is 17.8 Å². The quantitative estimate of drug-likeness (QED) is 0.136. The third-order valence-corrected chi connectivity index (χ3v) is 7.51. The summed E-state index contributed by atoms with van der Waals surface area (Å²) < 4.78 is 11.7. The minimum absolute atomic E-state index is 0.474. The Bertz CT molecular complexity index is 1190. The molecule has 0 aliphatic carbocycles. The fourth-order valence-electron chi connectivity index (χ4n) is 5.16. The van der Waals surface area contributed by atoms with E-state index in [0.717, 1.165) is 61.6 Å². The van der Waals surface area contributed by atoms with Crippen molar-refractivity contribution in [3.05, 3.63) is 59.7 Å². The molecule has 0 radical (unpaired) electrons. The second-order valence-electron chi connectivity index (χ2n) is 10.7. The summed E-state index contributed by atoms with van der Waals surface area (Å²) in [5.41, 5.74) is 5.34. The molecular formula is C32H43N7O2. The standard InChI is InChI=1S/C32H43N7O2/c1-2-3-4-5-10-26-11-15-28(16-12-26)40-23-24-41-29-17-13-27(14-18-29)25-33-37-30-34-31(38-19-6-7-20-38)36-32(35-30)39-21-8-9-22-39/h11-18,25H,2-10,19-24H2,1H3,(H,34,35,36,37)/b33-25-. The number of aryl methyl sites for hydroxylation is 1. The number of nitrogens with one attached hydrogen (secondary N) is 1. The third kappa shape index (κ3) is 8.80. The van der Waals surface area contributed by atoms with Gasteiger partial charge in [0.05, 0.1) is 6.21 Å². The summed E-state index contributed by atoms with van der Waals surface area (Å²) in [4.78, 5) is 18.5. The average molecular weight is 558 g/mol. The lowest BCUT2D eigenvalue weighted by atomic mass is 10.1. The Balaban J connectivity index is 1.06. The van der Waals surface area contributed by atoms with E-state index >= 15 is 0 Å². The molecule has 1 N–H and O–H groups in total. The largest absolute Gasteiger partial charge is 0.490 e. The van der Waals surface area contributed by atoms with Crippen LogP contribution in [0.5, 0.6) is 11.5 Å². The van der Waals surface area contributed by atoms with Gasteiger partial charge in [-0.3, -0.25) is 0 Å². The lowest BCUT2D eigenvalue weighted by molar-refractivity contribution is 0.217. The van der Waals surface area contributed by atoms with Gasteiger partial charge in [0.25, 0.3) is 0 Å². The molecule has 3 aromatic rings. The zero-order chi connectivity index (χ0) is 28.1. The average Bonchev–Trinajstić information content (AvgIpc) is 3.75. The predicted octanol–water partition coefficient (Wildman–Crippen LogP) is 6.10. The van der Waals surface area contributed by atoms with Gasteiger partial charge in [0.1, 0.15) is 24.7 Å². The van der Waals surface area contributed by atoms with E-state index in [9.17, 15) is 0 Å². The first-order valence-electron chi connectivity index (χ1n) is 15.3. The van der Waals surface area contributed by atoms with Crippen molar-refractivity contribution in [1.29, 1.82) is 0 Å². The fourth-order valence-corrected chi connectivity index (χ4v) is 5.16. The van der Waals surface area contributed by atoms with Crippen molar-refractivity contribution in [2.45, 2.75) is 64.7 Å². The SMILES string of the molecule is CCCCCCc1ccc(OCCOc2ccc(/C=N\Nc3nc(N4CCCC4)nc(N4CCCC4)n3)cc2)cc1. The predicted molar refractivity (Wildman–Crippen MR) is 166 cm³/mol. The van der Waals surface area contributed by atoms with Gasteiger partial charge in [0, 0.05) is 26.2 Å². The molecule has 0 bridgehead atoms. The Morgan fingerprint density at radius 2 is 1.29 bits per heavy atom. The molecule has 2 fully saturated rings. The summed E-state index contributed by atoms with van der Waals surface area (Å²) in [6.45, 7) is 7.16. The Kier molecular flexibility index (Phi) is 10.6. The van der Waals surface area contributed by atoms with E-state index < -0.39 is 0 Å². The van der Waals surface area contributed by atoms with Gasteiger partial charge in [-0.15, -0.1) is 0 Å². The van der Waals surface area contributed by atoms with E-state index in [1.165, 1.54) is 56.9 Å². The molecule has 0 unspecified atom stereocenters. The minimum Gasteiger partial charge on any atom is -0.490 e. The lowest BCUT2D eigenvalue weighted by Crippen LogP contribution is -2.25. The van der Waals surface area contributed by atoms with Crippen LogP contribution in [0, 0.1) is 0 Å². The van der Waals surface area contributed by atoms with E-state index in [0.29, 0.717) is 19.2 Å². The monoisotopic (exact) mass is 557 g/mol. The molecule has 3 heterocycles. The lowest BCUT2D eigenvalue weighted by Gasteiger charge is -2.20. The van der Waals surface area contributed by atoms with Crippen LogP contribution in [-0.2, 0) is 6.42 Å². The van der Waals surface area contributed by atoms with Gasteiger partial charge in [-0.1, -0.05) is 38.3 Å². The molecule has 41 heavy (non-hydrogen) atoms. The van der Waals surface area contributed by atoms with Gasteiger partial charge < -0.3 is 19.3 Å². The molecule has 9 nitrogen and oxygen atoms in total. The number of ether oxygens (including phenoxy) is 2. The summed E-state index contributed by atoms with van der Waals surface area (Å²) in [6.07, 6.45) is 12.7. The van der Waals surface area contributed by atoms with Crippen LogP contribution >= 0.6 is 0 Å². The number of benzene rings is 2. The second-order valence-corrected chi connectivity index (χ2v) is 10.7. The molecule has 218 valence electrons. The van der Waals surface area contributed by atoms with Gasteiger partial charge in [0.15, 0.2) is 0 Å². The van der Waals surface area contributed by atoms with Crippen LogP contribution in [0.1, 0.15) is 69.4 Å². The van der Waals surface area contributed by atoms with E-state index in [2.05, 4.69) is 61.5 Å². The second kappa shape index (κ2) is 15.2. The molecule has 5 rings (SSSR count). The number of rotatable bonds is 15. The molecule has 0 amide bonds. The van der Waals surface area contributed by atoms with Crippen molar-refractivity contribution in [2.24, 2.45) is 5.10 Å². The molecule has 2 aromatic carbocycles. The van der Waals surface area contributed by atoms with Crippen molar-refractivity contribution in [2.75, 3.05) is 54.6 Å². The van der Waals surface area contributed by atoms with Crippen molar-refractivity contribution < 1.29 is 9.47 Å². The van der Waals surface area contributed by atoms with Crippen LogP contribution in [-0.4, -0.2) is 60.6 Å². The summed E-state index contributed by atoms with van der Waals surface area (Å²) in [7, 11) is 0. The molecule has 2 aliphatic heterocycles. The first kappa shape index (κ1) is 28.6. The van der Waals surface area contributed by atoms with E-state index in [1.54, 1.807) is 6.21 Å². The van der Waals surface area contributed by atoms with Crippen LogP contribution < -0.4 is 24.7 Å². The van der Waals surface area contributed by atoms with Gasteiger partial charge in [-0.25, -0.2) is 5.43 Å². The molecule has 9 heteroatoms. The highest BCUT2D eigenvalue weighted by molar-refractivity contribution is 5.80. The number of hydrogen-bond acceptors (Lipinski definition) is 9. The van der Waals surface area contributed by atoms with Crippen LogP contribution in [0.15, 0.2) is 53.6 Å². The zero-order valence-electron chi connectivity index (χ0n) is 24.3. The first-order chi connectivity index (χ1) is 20.3. The van der Waals surface area contributed by atoms with Crippen LogP contribution in [0.25, 0.3) is 0 Å². The Morgan fingerprint density at radius 3 is 1.85 bits per heavy atom. The smallest absolute Gasteiger partial charge is 0.250 e. The molecule has 0 saturated carbocycles. The maximum absolute atomic E-state index is 5.86.